The molecular weight excluding hydrogens is 403 g/mol. The first-order valence-electron chi connectivity index (χ1n) is 11.7. The van der Waals surface area contributed by atoms with Crippen LogP contribution in [0.25, 0.3) is 0 Å². The Hall–Kier alpha value is -1.60. The molecule has 2 saturated heterocycles. The van der Waals surface area contributed by atoms with Gasteiger partial charge >= 0.3 is 6.18 Å². The minimum absolute atomic E-state index is 0.0652. The van der Waals surface area contributed by atoms with Crippen molar-refractivity contribution in [3.05, 3.63) is 35.4 Å². The van der Waals surface area contributed by atoms with Gasteiger partial charge in [0.25, 0.3) is 0 Å². The zero-order valence-corrected chi connectivity index (χ0v) is 18.8. The van der Waals surface area contributed by atoms with E-state index in [4.69, 9.17) is 0 Å². The molecule has 1 amide bonds. The molecule has 2 atom stereocenters. The van der Waals surface area contributed by atoms with Gasteiger partial charge in [-0.25, -0.2) is 0 Å². The standard InChI is InChI=1S/C24H36F3N3O/c1-3-30(18(2)17-19-7-9-21(10-8-19)24(25,26)27)22(20-11-13-28-14-12-20)23(31)29-15-5-4-6-16-29/h7-10,18,20,22,28H,3-6,11-17H2,1-2H3. The number of amides is 1. The number of nitrogens with zero attached hydrogens (tertiary/aromatic N) is 2. The second-order valence-electron chi connectivity index (χ2n) is 9.00. The molecule has 2 heterocycles. The smallest absolute Gasteiger partial charge is 0.341 e. The fraction of sp³-hybridized carbons (Fsp3) is 0.708. The van der Waals surface area contributed by atoms with Gasteiger partial charge in [0, 0.05) is 19.1 Å². The number of piperidine rings is 2. The van der Waals surface area contributed by atoms with Crippen molar-refractivity contribution in [3.63, 3.8) is 0 Å². The van der Waals surface area contributed by atoms with Crippen LogP contribution in [0.2, 0.25) is 0 Å². The maximum Gasteiger partial charge on any atom is 0.416 e. The molecule has 0 spiro atoms. The first kappa shape index (κ1) is 24.1. The Balaban J connectivity index is 1.77. The third-order valence-electron chi connectivity index (χ3n) is 6.85. The van der Waals surface area contributed by atoms with E-state index in [1.807, 2.05) is 4.90 Å². The molecule has 3 rings (SSSR count). The second-order valence-corrected chi connectivity index (χ2v) is 9.00. The monoisotopic (exact) mass is 439 g/mol. The lowest BCUT2D eigenvalue weighted by molar-refractivity contribution is -0.142. The summed E-state index contributed by atoms with van der Waals surface area (Å²) in [7, 11) is 0. The van der Waals surface area contributed by atoms with Crippen LogP contribution in [-0.2, 0) is 17.4 Å². The number of hydrogen-bond donors (Lipinski definition) is 1. The fourth-order valence-electron chi connectivity index (χ4n) is 5.15. The molecule has 0 aromatic heterocycles. The summed E-state index contributed by atoms with van der Waals surface area (Å²) in [5.41, 5.74) is 0.248. The van der Waals surface area contributed by atoms with Gasteiger partial charge in [-0.1, -0.05) is 19.1 Å². The number of nitrogens with one attached hydrogen (secondary N) is 1. The van der Waals surface area contributed by atoms with Crippen LogP contribution >= 0.6 is 0 Å². The summed E-state index contributed by atoms with van der Waals surface area (Å²) < 4.78 is 38.7. The molecule has 0 aliphatic carbocycles. The Kier molecular flexibility index (Phi) is 8.39. The SMILES string of the molecule is CCN(C(C)Cc1ccc(C(F)(F)F)cc1)C(C(=O)N1CCCCC1)C1CCNCC1. The summed E-state index contributed by atoms with van der Waals surface area (Å²) in [6, 6.07) is 5.35. The van der Waals surface area contributed by atoms with E-state index in [-0.39, 0.29) is 18.0 Å². The van der Waals surface area contributed by atoms with Crippen LogP contribution < -0.4 is 5.32 Å². The quantitative estimate of drug-likeness (QED) is 0.687. The average molecular weight is 440 g/mol. The molecule has 7 heteroatoms. The lowest BCUT2D eigenvalue weighted by atomic mass is 9.86. The van der Waals surface area contributed by atoms with Gasteiger partial charge in [0.2, 0.25) is 5.91 Å². The van der Waals surface area contributed by atoms with Gasteiger partial charge in [0.15, 0.2) is 0 Å². The van der Waals surface area contributed by atoms with Crippen LogP contribution in [-0.4, -0.2) is 60.5 Å². The molecule has 174 valence electrons. The molecule has 1 aromatic rings. The van der Waals surface area contributed by atoms with Crippen LogP contribution in [0.4, 0.5) is 13.2 Å². The second kappa shape index (κ2) is 10.8. The van der Waals surface area contributed by atoms with E-state index >= 15 is 0 Å². The van der Waals surface area contributed by atoms with E-state index in [1.165, 1.54) is 6.42 Å². The molecule has 2 aliphatic heterocycles. The summed E-state index contributed by atoms with van der Waals surface area (Å²) in [4.78, 5) is 18.0. The van der Waals surface area contributed by atoms with Crippen molar-refractivity contribution in [2.45, 2.75) is 70.6 Å². The molecule has 2 aliphatic rings. The zero-order chi connectivity index (χ0) is 22.4. The number of benzene rings is 1. The third kappa shape index (κ3) is 6.22. The first-order chi connectivity index (χ1) is 14.8. The maximum atomic E-state index is 13.6. The highest BCUT2D eigenvalue weighted by Crippen LogP contribution is 2.30. The van der Waals surface area contributed by atoms with E-state index < -0.39 is 11.7 Å². The number of likely N-dealkylation sites (tertiary alicyclic amines) is 1. The molecule has 2 fully saturated rings. The number of likely N-dealkylation sites (N-methyl/N-ethyl adjacent to an activating group) is 1. The Bertz CT molecular complexity index is 695. The van der Waals surface area contributed by atoms with Crippen LogP contribution in [0.1, 0.15) is 57.1 Å². The molecule has 2 unspecified atom stereocenters. The van der Waals surface area contributed by atoms with E-state index in [0.717, 1.165) is 76.1 Å². The van der Waals surface area contributed by atoms with Gasteiger partial charge < -0.3 is 10.2 Å². The molecule has 31 heavy (non-hydrogen) atoms. The lowest BCUT2D eigenvalue weighted by Crippen LogP contribution is -2.57. The predicted molar refractivity (Wildman–Crippen MR) is 117 cm³/mol. The number of halogens is 3. The fourth-order valence-corrected chi connectivity index (χ4v) is 5.15. The number of alkyl halides is 3. The molecule has 0 radical (unpaired) electrons. The Morgan fingerprint density at radius 3 is 2.29 bits per heavy atom. The Morgan fingerprint density at radius 1 is 1.13 bits per heavy atom. The normalized spacial score (nSPS) is 20.6. The minimum Gasteiger partial charge on any atom is -0.341 e. The van der Waals surface area contributed by atoms with Crippen molar-refractivity contribution in [1.29, 1.82) is 0 Å². The molecule has 4 nitrogen and oxygen atoms in total. The van der Waals surface area contributed by atoms with Crippen LogP contribution in [0.3, 0.4) is 0 Å². The predicted octanol–water partition coefficient (Wildman–Crippen LogP) is 4.34. The lowest BCUT2D eigenvalue weighted by Gasteiger charge is -2.43. The number of carbonyl (C=O) groups excluding carboxylic acids is 1. The number of carbonyl (C=O) groups is 1. The summed E-state index contributed by atoms with van der Waals surface area (Å²) in [5.74, 6) is 0.554. The molecule has 1 N–H and O–H groups in total. The maximum absolute atomic E-state index is 13.6. The van der Waals surface area contributed by atoms with E-state index in [1.54, 1.807) is 12.1 Å². The van der Waals surface area contributed by atoms with Crippen molar-refractivity contribution in [1.82, 2.24) is 15.1 Å². The average Bonchev–Trinajstić information content (AvgIpc) is 2.77. The van der Waals surface area contributed by atoms with Crippen molar-refractivity contribution in [2.24, 2.45) is 5.92 Å². The van der Waals surface area contributed by atoms with Gasteiger partial charge in [0.05, 0.1) is 11.6 Å². The first-order valence-corrected chi connectivity index (χ1v) is 11.7. The highest BCUT2D eigenvalue weighted by Gasteiger charge is 2.38. The van der Waals surface area contributed by atoms with Crippen LogP contribution in [0.15, 0.2) is 24.3 Å². The van der Waals surface area contributed by atoms with Crippen LogP contribution in [0.5, 0.6) is 0 Å². The summed E-state index contributed by atoms with van der Waals surface area (Å²) in [6.07, 6.45) is 1.59. The number of rotatable bonds is 7. The molecule has 0 saturated carbocycles. The topological polar surface area (TPSA) is 35.6 Å². The minimum atomic E-state index is -4.32. The summed E-state index contributed by atoms with van der Waals surface area (Å²) in [6.45, 7) is 8.46. The largest absolute Gasteiger partial charge is 0.416 e. The van der Waals surface area contributed by atoms with Gasteiger partial charge in [-0.3, -0.25) is 9.69 Å². The van der Waals surface area contributed by atoms with E-state index in [9.17, 15) is 18.0 Å². The summed E-state index contributed by atoms with van der Waals surface area (Å²) >= 11 is 0. The van der Waals surface area contributed by atoms with Crippen molar-refractivity contribution in [2.75, 3.05) is 32.7 Å². The van der Waals surface area contributed by atoms with Gasteiger partial charge in [0.1, 0.15) is 0 Å². The van der Waals surface area contributed by atoms with E-state index in [2.05, 4.69) is 24.1 Å². The molecule has 0 bridgehead atoms. The van der Waals surface area contributed by atoms with Crippen molar-refractivity contribution < 1.29 is 18.0 Å². The highest BCUT2D eigenvalue weighted by atomic mass is 19.4. The van der Waals surface area contributed by atoms with Gasteiger partial charge in [-0.2, -0.15) is 13.2 Å². The van der Waals surface area contributed by atoms with Crippen LogP contribution in [0, 0.1) is 5.92 Å². The van der Waals surface area contributed by atoms with E-state index in [0.29, 0.717) is 12.3 Å². The molecular formula is C24H36F3N3O. The Labute approximate surface area is 184 Å². The number of hydrogen-bond acceptors (Lipinski definition) is 3. The third-order valence-corrected chi connectivity index (χ3v) is 6.85. The van der Waals surface area contributed by atoms with Crippen molar-refractivity contribution in [3.8, 4) is 0 Å². The molecule has 1 aromatic carbocycles. The summed E-state index contributed by atoms with van der Waals surface area (Å²) in [5, 5.41) is 3.40. The van der Waals surface area contributed by atoms with Gasteiger partial charge in [-0.15, -0.1) is 0 Å². The highest BCUT2D eigenvalue weighted by molar-refractivity contribution is 5.82. The Morgan fingerprint density at radius 2 is 1.74 bits per heavy atom. The zero-order valence-electron chi connectivity index (χ0n) is 18.8. The van der Waals surface area contributed by atoms with Gasteiger partial charge in [-0.05, 0) is 88.7 Å². The van der Waals surface area contributed by atoms with Crippen molar-refractivity contribution >= 4 is 5.91 Å².